The molecule has 2 aliphatic heterocycles. The predicted octanol–water partition coefficient (Wildman–Crippen LogP) is 0.0266. The van der Waals surface area contributed by atoms with Crippen molar-refractivity contribution >= 4 is 24.2 Å². The SMILES string of the molecule is Cl.NC(=O)C1CCCN1C(=O)CC1CCCN1. The molecule has 5 nitrogen and oxygen atoms in total. The molecular weight excluding hydrogens is 242 g/mol. The molecule has 2 atom stereocenters. The number of hydrogen-bond donors (Lipinski definition) is 2. The van der Waals surface area contributed by atoms with Crippen molar-refractivity contribution in [2.75, 3.05) is 13.1 Å². The van der Waals surface area contributed by atoms with Crippen molar-refractivity contribution in [1.82, 2.24) is 10.2 Å². The van der Waals surface area contributed by atoms with Gasteiger partial charge in [0.15, 0.2) is 0 Å². The molecule has 2 fully saturated rings. The Labute approximate surface area is 108 Å². The summed E-state index contributed by atoms with van der Waals surface area (Å²) in [7, 11) is 0. The van der Waals surface area contributed by atoms with Gasteiger partial charge in [-0.2, -0.15) is 0 Å². The van der Waals surface area contributed by atoms with E-state index < -0.39 is 0 Å². The van der Waals surface area contributed by atoms with Crippen LogP contribution in [-0.4, -0.2) is 41.9 Å². The normalized spacial score (nSPS) is 27.9. The van der Waals surface area contributed by atoms with Gasteiger partial charge in [-0.05, 0) is 32.2 Å². The van der Waals surface area contributed by atoms with Crippen LogP contribution in [0.25, 0.3) is 0 Å². The quantitative estimate of drug-likeness (QED) is 0.753. The highest BCUT2D eigenvalue weighted by molar-refractivity contribution is 5.87. The lowest BCUT2D eigenvalue weighted by Gasteiger charge is -2.23. The fraction of sp³-hybridized carbons (Fsp3) is 0.818. The monoisotopic (exact) mass is 261 g/mol. The third kappa shape index (κ3) is 3.33. The molecule has 0 aromatic carbocycles. The van der Waals surface area contributed by atoms with Gasteiger partial charge in [-0.3, -0.25) is 9.59 Å². The molecule has 0 saturated carbocycles. The first-order valence-corrected chi connectivity index (χ1v) is 6.00. The van der Waals surface area contributed by atoms with E-state index in [1.54, 1.807) is 4.90 Å². The van der Waals surface area contributed by atoms with Crippen LogP contribution in [0, 0.1) is 0 Å². The Hall–Kier alpha value is -0.810. The lowest BCUT2D eigenvalue weighted by molar-refractivity contribution is -0.137. The summed E-state index contributed by atoms with van der Waals surface area (Å²) >= 11 is 0. The second kappa shape index (κ2) is 6.21. The number of carbonyl (C=O) groups is 2. The maximum atomic E-state index is 12.0. The van der Waals surface area contributed by atoms with Crippen LogP contribution in [0.2, 0.25) is 0 Å². The third-order valence-electron chi connectivity index (χ3n) is 3.48. The van der Waals surface area contributed by atoms with E-state index in [1.807, 2.05) is 0 Å². The van der Waals surface area contributed by atoms with Gasteiger partial charge in [0.05, 0.1) is 0 Å². The summed E-state index contributed by atoms with van der Waals surface area (Å²) in [5.74, 6) is -0.300. The molecule has 17 heavy (non-hydrogen) atoms. The molecule has 98 valence electrons. The van der Waals surface area contributed by atoms with Gasteiger partial charge in [-0.15, -0.1) is 12.4 Å². The molecule has 0 spiro atoms. The summed E-state index contributed by atoms with van der Waals surface area (Å²) in [6.07, 6.45) is 4.30. The Balaban J connectivity index is 0.00000144. The Morgan fingerprint density at radius 1 is 1.29 bits per heavy atom. The molecule has 6 heteroatoms. The zero-order valence-corrected chi connectivity index (χ0v) is 10.7. The van der Waals surface area contributed by atoms with Gasteiger partial charge in [0, 0.05) is 19.0 Å². The summed E-state index contributed by atoms with van der Waals surface area (Å²) < 4.78 is 0. The second-order valence-corrected chi connectivity index (χ2v) is 4.64. The van der Waals surface area contributed by atoms with E-state index in [2.05, 4.69) is 5.32 Å². The predicted molar refractivity (Wildman–Crippen MR) is 66.8 cm³/mol. The van der Waals surface area contributed by atoms with Crippen molar-refractivity contribution in [3.8, 4) is 0 Å². The number of primary amides is 1. The van der Waals surface area contributed by atoms with E-state index in [1.165, 1.54) is 0 Å². The van der Waals surface area contributed by atoms with Crippen LogP contribution in [0.4, 0.5) is 0 Å². The van der Waals surface area contributed by atoms with Gasteiger partial charge in [0.1, 0.15) is 6.04 Å². The number of amides is 2. The molecular formula is C11H20ClN3O2. The molecule has 0 bridgehead atoms. The first-order chi connectivity index (χ1) is 7.68. The summed E-state index contributed by atoms with van der Waals surface area (Å²) in [6, 6.07) is -0.0736. The molecule has 2 unspecified atom stereocenters. The maximum absolute atomic E-state index is 12.0. The van der Waals surface area contributed by atoms with Crippen molar-refractivity contribution in [2.24, 2.45) is 5.73 Å². The van der Waals surface area contributed by atoms with Crippen LogP contribution in [0.3, 0.4) is 0 Å². The molecule has 2 amide bonds. The lowest BCUT2D eigenvalue weighted by atomic mass is 10.1. The Morgan fingerprint density at radius 3 is 2.65 bits per heavy atom. The molecule has 0 aliphatic carbocycles. The standard InChI is InChI=1S/C11H19N3O2.ClH/c12-11(16)9-4-2-6-14(9)10(15)7-8-3-1-5-13-8;/h8-9,13H,1-7H2,(H2,12,16);1H. The Kier molecular flexibility index (Phi) is 5.21. The molecule has 2 aliphatic rings. The van der Waals surface area contributed by atoms with Crippen LogP contribution in [-0.2, 0) is 9.59 Å². The third-order valence-corrected chi connectivity index (χ3v) is 3.48. The molecule has 0 radical (unpaired) electrons. The van der Waals surface area contributed by atoms with E-state index in [4.69, 9.17) is 5.73 Å². The molecule has 2 rings (SSSR count). The average Bonchev–Trinajstić information content (AvgIpc) is 2.86. The van der Waals surface area contributed by atoms with E-state index in [9.17, 15) is 9.59 Å². The zero-order chi connectivity index (χ0) is 11.5. The second-order valence-electron chi connectivity index (χ2n) is 4.64. The fourth-order valence-electron chi connectivity index (χ4n) is 2.62. The van der Waals surface area contributed by atoms with Crippen LogP contribution in [0.15, 0.2) is 0 Å². The number of rotatable bonds is 3. The van der Waals surface area contributed by atoms with E-state index in [0.717, 1.165) is 32.2 Å². The minimum absolute atomic E-state index is 0. The van der Waals surface area contributed by atoms with E-state index >= 15 is 0 Å². The summed E-state index contributed by atoms with van der Waals surface area (Å²) in [4.78, 5) is 24.8. The highest BCUT2D eigenvalue weighted by atomic mass is 35.5. The molecule has 0 aromatic heterocycles. The van der Waals surface area contributed by atoms with Gasteiger partial charge in [-0.25, -0.2) is 0 Å². The number of halogens is 1. The van der Waals surface area contributed by atoms with Crippen molar-refractivity contribution in [3.05, 3.63) is 0 Å². The van der Waals surface area contributed by atoms with Gasteiger partial charge in [0.25, 0.3) is 0 Å². The molecule has 3 N–H and O–H groups in total. The van der Waals surface area contributed by atoms with Crippen LogP contribution < -0.4 is 11.1 Å². The van der Waals surface area contributed by atoms with Gasteiger partial charge in [-0.1, -0.05) is 0 Å². The highest BCUT2D eigenvalue weighted by Crippen LogP contribution is 2.19. The lowest BCUT2D eigenvalue weighted by Crippen LogP contribution is -2.45. The number of likely N-dealkylation sites (tertiary alicyclic amines) is 1. The zero-order valence-electron chi connectivity index (χ0n) is 9.85. The van der Waals surface area contributed by atoms with Crippen molar-refractivity contribution in [1.29, 1.82) is 0 Å². The molecule has 2 saturated heterocycles. The smallest absolute Gasteiger partial charge is 0.240 e. The van der Waals surface area contributed by atoms with Crippen LogP contribution in [0.1, 0.15) is 32.1 Å². The Morgan fingerprint density at radius 2 is 2.06 bits per heavy atom. The molecule has 2 heterocycles. The number of carbonyl (C=O) groups excluding carboxylic acids is 2. The number of nitrogens with zero attached hydrogens (tertiary/aromatic N) is 1. The number of nitrogens with one attached hydrogen (secondary N) is 1. The van der Waals surface area contributed by atoms with Crippen LogP contribution >= 0.6 is 12.4 Å². The fourth-order valence-corrected chi connectivity index (χ4v) is 2.62. The van der Waals surface area contributed by atoms with Crippen molar-refractivity contribution in [2.45, 2.75) is 44.2 Å². The summed E-state index contributed by atoms with van der Waals surface area (Å²) in [5.41, 5.74) is 5.29. The highest BCUT2D eigenvalue weighted by Gasteiger charge is 2.33. The summed E-state index contributed by atoms with van der Waals surface area (Å²) in [5, 5.41) is 3.29. The minimum Gasteiger partial charge on any atom is -0.368 e. The van der Waals surface area contributed by atoms with Gasteiger partial charge in [0.2, 0.25) is 11.8 Å². The topological polar surface area (TPSA) is 75.4 Å². The van der Waals surface area contributed by atoms with Crippen molar-refractivity contribution in [3.63, 3.8) is 0 Å². The largest absolute Gasteiger partial charge is 0.368 e. The van der Waals surface area contributed by atoms with Crippen molar-refractivity contribution < 1.29 is 9.59 Å². The van der Waals surface area contributed by atoms with Crippen LogP contribution in [0.5, 0.6) is 0 Å². The first-order valence-electron chi connectivity index (χ1n) is 6.00. The Bertz CT molecular complexity index is 292. The average molecular weight is 262 g/mol. The van der Waals surface area contributed by atoms with Gasteiger partial charge >= 0.3 is 0 Å². The maximum Gasteiger partial charge on any atom is 0.240 e. The molecule has 0 aromatic rings. The minimum atomic E-state index is -0.370. The first kappa shape index (κ1) is 14.3. The van der Waals surface area contributed by atoms with Gasteiger partial charge < -0.3 is 16.0 Å². The van der Waals surface area contributed by atoms with E-state index in [-0.39, 0.29) is 30.3 Å². The summed E-state index contributed by atoms with van der Waals surface area (Å²) in [6.45, 7) is 1.68. The number of nitrogens with two attached hydrogens (primary N) is 1. The van der Waals surface area contributed by atoms with E-state index in [0.29, 0.717) is 19.0 Å². The number of hydrogen-bond acceptors (Lipinski definition) is 3.